The largest absolute Gasteiger partial charge is 0.491 e. The molecule has 1 saturated heterocycles. The third-order valence-corrected chi connectivity index (χ3v) is 11.5. The molecule has 172 valence electrons. The average molecular weight is 433 g/mol. The van der Waals surface area contributed by atoms with E-state index in [0.29, 0.717) is 23.0 Å². The fraction of sp³-hybridized carbons (Fsp3) is 0.800. The quantitative estimate of drug-likeness (QED) is 0.478. The molecule has 2 unspecified atom stereocenters. The maximum absolute atomic E-state index is 6.35. The van der Waals surface area contributed by atoms with Crippen molar-refractivity contribution in [2.45, 2.75) is 107 Å². The summed E-state index contributed by atoms with van der Waals surface area (Å²) in [4.78, 5) is 0. The maximum atomic E-state index is 6.35. The van der Waals surface area contributed by atoms with Crippen LogP contribution in [0.15, 0.2) is 18.2 Å². The minimum atomic E-state index is 0.306. The predicted octanol–water partition coefficient (Wildman–Crippen LogP) is 6.79. The Hall–Kier alpha value is -1.02. The van der Waals surface area contributed by atoms with Gasteiger partial charge >= 0.3 is 0 Å². The molecule has 8 aliphatic carbocycles. The monoisotopic (exact) mass is 432 g/mol. The standard InChI is InChI=1S/C30H40O2/c1-18-28(32-18)17-31-25-2-3-26(29-11-19-4-20(12-29)6-21(5-19)13-29)27(10-25)30-14-22-7-23(15-30)9-24(8-22)16-30/h2-3,10,18-24,28H,4-9,11-17H2,1H3. The van der Waals surface area contributed by atoms with E-state index in [1.807, 2.05) is 0 Å². The first kappa shape index (κ1) is 19.3. The van der Waals surface area contributed by atoms with E-state index in [2.05, 4.69) is 25.1 Å². The number of hydrogen-bond donors (Lipinski definition) is 0. The fourth-order valence-corrected chi connectivity index (χ4v) is 11.0. The first-order valence-corrected chi connectivity index (χ1v) is 14.0. The Morgan fingerprint density at radius 1 is 0.719 bits per heavy atom. The topological polar surface area (TPSA) is 21.8 Å². The molecule has 2 nitrogen and oxygen atoms in total. The van der Waals surface area contributed by atoms with Crippen molar-refractivity contribution in [1.82, 2.24) is 0 Å². The van der Waals surface area contributed by atoms with Gasteiger partial charge in [-0.2, -0.15) is 0 Å². The smallest absolute Gasteiger partial charge is 0.119 e. The van der Waals surface area contributed by atoms with Crippen LogP contribution in [0, 0.1) is 35.5 Å². The lowest BCUT2D eigenvalue weighted by Gasteiger charge is -2.61. The number of benzene rings is 1. The van der Waals surface area contributed by atoms with E-state index in [0.717, 1.165) is 47.9 Å². The van der Waals surface area contributed by atoms with E-state index in [4.69, 9.17) is 9.47 Å². The summed E-state index contributed by atoms with van der Waals surface area (Å²) in [5, 5.41) is 0. The van der Waals surface area contributed by atoms with E-state index in [-0.39, 0.29) is 0 Å². The molecule has 8 saturated carbocycles. The van der Waals surface area contributed by atoms with Gasteiger partial charge in [0.05, 0.1) is 6.10 Å². The SMILES string of the molecule is CC1OC1COc1ccc(C23CC4CC(CC(C4)C2)C3)c(C23CC4CC(CC(C4)C2)C3)c1. The minimum absolute atomic E-state index is 0.306. The van der Waals surface area contributed by atoms with Crippen molar-refractivity contribution in [2.75, 3.05) is 6.61 Å². The highest BCUT2D eigenvalue weighted by Gasteiger charge is 2.56. The van der Waals surface area contributed by atoms with Crippen LogP contribution in [0.4, 0.5) is 0 Å². The highest BCUT2D eigenvalue weighted by Crippen LogP contribution is 2.65. The minimum Gasteiger partial charge on any atom is -0.491 e. The lowest BCUT2D eigenvalue weighted by molar-refractivity contribution is -0.0175. The predicted molar refractivity (Wildman–Crippen MR) is 126 cm³/mol. The van der Waals surface area contributed by atoms with Crippen molar-refractivity contribution in [3.05, 3.63) is 29.3 Å². The van der Waals surface area contributed by atoms with Crippen LogP contribution in [0.25, 0.3) is 0 Å². The van der Waals surface area contributed by atoms with Gasteiger partial charge in [0.1, 0.15) is 18.5 Å². The summed E-state index contributed by atoms with van der Waals surface area (Å²) in [6.45, 7) is 2.88. The van der Waals surface area contributed by atoms with Crippen molar-refractivity contribution in [3.8, 4) is 5.75 Å². The zero-order valence-electron chi connectivity index (χ0n) is 19.9. The molecule has 0 N–H and O–H groups in total. The van der Waals surface area contributed by atoms with Gasteiger partial charge in [-0.25, -0.2) is 0 Å². The van der Waals surface area contributed by atoms with Gasteiger partial charge < -0.3 is 9.47 Å². The molecule has 1 heterocycles. The molecule has 32 heavy (non-hydrogen) atoms. The first-order chi connectivity index (χ1) is 15.6. The highest BCUT2D eigenvalue weighted by atomic mass is 16.6. The van der Waals surface area contributed by atoms with Crippen LogP contribution in [0.5, 0.6) is 5.75 Å². The van der Waals surface area contributed by atoms with Crippen molar-refractivity contribution >= 4 is 0 Å². The Balaban J connectivity index is 1.21. The van der Waals surface area contributed by atoms with Gasteiger partial charge in [-0.15, -0.1) is 0 Å². The zero-order chi connectivity index (χ0) is 21.1. The van der Waals surface area contributed by atoms with Crippen LogP contribution in [0.2, 0.25) is 0 Å². The molecule has 2 atom stereocenters. The van der Waals surface area contributed by atoms with E-state index in [1.54, 1.807) is 11.1 Å². The first-order valence-electron chi connectivity index (χ1n) is 14.0. The zero-order valence-corrected chi connectivity index (χ0v) is 19.9. The Morgan fingerprint density at radius 2 is 1.16 bits per heavy atom. The molecule has 10 rings (SSSR count). The molecule has 1 aromatic rings. The lowest BCUT2D eigenvalue weighted by atomic mass is 9.44. The van der Waals surface area contributed by atoms with E-state index < -0.39 is 0 Å². The molecule has 0 radical (unpaired) electrons. The van der Waals surface area contributed by atoms with Gasteiger partial charge in [-0.3, -0.25) is 0 Å². The fourth-order valence-electron chi connectivity index (χ4n) is 11.0. The normalized spacial score (nSPS) is 51.9. The second kappa shape index (κ2) is 6.55. The highest BCUT2D eigenvalue weighted by molar-refractivity contribution is 5.47. The van der Waals surface area contributed by atoms with E-state index in [1.165, 1.54) is 77.0 Å². The molecule has 1 aromatic carbocycles. The van der Waals surface area contributed by atoms with Crippen LogP contribution in [-0.2, 0) is 15.6 Å². The molecular weight excluding hydrogens is 392 g/mol. The number of ether oxygens (including phenoxy) is 2. The average Bonchev–Trinajstić information content (AvgIpc) is 3.45. The number of epoxide rings is 1. The van der Waals surface area contributed by atoms with Gasteiger partial charge in [-0.1, -0.05) is 6.07 Å². The Morgan fingerprint density at radius 3 is 1.59 bits per heavy atom. The van der Waals surface area contributed by atoms with Crippen molar-refractivity contribution in [1.29, 1.82) is 0 Å². The molecule has 9 aliphatic rings. The summed E-state index contributed by atoms with van der Waals surface area (Å²) < 4.78 is 12.0. The summed E-state index contributed by atoms with van der Waals surface area (Å²) in [7, 11) is 0. The molecular formula is C30H40O2. The van der Waals surface area contributed by atoms with Crippen molar-refractivity contribution in [2.24, 2.45) is 35.5 Å². The van der Waals surface area contributed by atoms with Crippen molar-refractivity contribution < 1.29 is 9.47 Å². The number of hydrogen-bond acceptors (Lipinski definition) is 2. The van der Waals surface area contributed by atoms with Crippen LogP contribution < -0.4 is 4.74 Å². The van der Waals surface area contributed by atoms with Gasteiger partial charge in [0.15, 0.2) is 0 Å². The Kier molecular flexibility index (Phi) is 3.95. The third-order valence-electron chi connectivity index (χ3n) is 11.5. The van der Waals surface area contributed by atoms with Crippen LogP contribution in [0.3, 0.4) is 0 Å². The summed E-state index contributed by atoms with van der Waals surface area (Å²) in [6.07, 6.45) is 18.7. The molecule has 0 amide bonds. The summed E-state index contributed by atoms with van der Waals surface area (Å²) in [5.41, 5.74) is 4.50. The Bertz CT molecular complexity index is 860. The van der Waals surface area contributed by atoms with Gasteiger partial charge in [0, 0.05) is 0 Å². The second-order valence-corrected chi connectivity index (χ2v) is 13.8. The summed E-state index contributed by atoms with van der Waals surface area (Å²) in [5.74, 6) is 7.13. The van der Waals surface area contributed by atoms with Crippen LogP contribution in [-0.4, -0.2) is 18.8 Å². The second-order valence-electron chi connectivity index (χ2n) is 13.8. The van der Waals surface area contributed by atoms with Crippen LogP contribution in [0.1, 0.15) is 95.1 Å². The molecule has 8 bridgehead atoms. The van der Waals surface area contributed by atoms with Crippen molar-refractivity contribution in [3.63, 3.8) is 0 Å². The van der Waals surface area contributed by atoms with E-state index >= 15 is 0 Å². The molecule has 1 aliphatic heterocycles. The molecule has 9 fully saturated rings. The van der Waals surface area contributed by atoms with Gasteiger partial charge in [0.25, 0.3) is 0 Å². The summed E-state index contributed by atoms with van der Waals surface area (Å²) >= 11 is 0. The summed E-state index contributed by atoms with van der Waals surface area (Å²) in [6, 6.07) is 7.48. The molecule has 2 heteroatoms. The maximum Gasteiger partial charge on any atom is 0.119 e. The third kappa shape index (κ3) is 2.87. The molecule has 0 spiro atoms. The van der Waals surface area contributed by atoms with Gasteiger partial charge in [-0.05, 0) is 154 Å². The number of rotatable bonds is 5. The van der Waals surface area contributed by atoms with Gasteiger partial charge in [0.2, 0.25) is 0 Å². The van der Waals surface area contributed by atoms with Crippen LogP contribution >= 0.6 is 0 Å². The molecule has 0 aromatic heterocycles. The lowest BCUT2D eigenvalue weighted by Crippen LogP contribution is -2.52. The Labute approximate surface area is 193 Å². The van der Waals surface area contributed by atoms with E-state index in [9.17, 15) is 0 Å².